The van der Waals surface area contributed by atoms with Gasteiger partial charge in [-0.05, 0) is 49.4 Å². The fourth-order valence-electron chi connectivity index (χ4n) is 3.75. The minimum Gasteiger partial charge on any atom is -0.351 e. The number of carbonyl (C=O) groups is 3. The molecule has 0 aliphatic carbocycles. The summed E-state index contributed by atoms with van der Waals surface area (Å²) in [4.78, 5) is 42.4. The normalized spacial score (nSPS) is 13.7. The molecule has 9 heteroatoms. The van der Waals surface area contributed by atoms with Gasteiger partial charge in [0.05, 0.1) is 5.69 Å². The molecule has 3 heterocycles. The summed E-state index contributed by atoms with van der Waals surface area (Å²) in [6.45, 7) is 3.46. The summed E-state index contributed by atoms with van der Waals surface area (Å²) in [5.74, 6) is -0.185. The van der Waals surface area contributed by atoms with Gasteiger partial charge in [-0.1, -0.05) is 17.3 Å². The number of nitrogens with one attached hydrogen (secondary N) is 1. The molecule has 172 valence electrons. The van der Waals surface area contributed by atoms with Gasteiger partial charge in [0, 0.05) is 54.8 Å². The van der Waals surface area contributed by atoms with Crippen LogP contribution in [0.2, 0.25) is 0 Å². The Morgan fingerprint density at radius 1 is 1.03 bits per heavy atom. The molecule has 8 nitrogen and oxygen atoms in total. The Balaban J connectivity index is 1.27. The second kappa shape index (κ2) is 10.4. The summed E-state index contributed by atoms with van der Waals surface area (Å²) in [6, 6.07) is 12.7. The maximum absolute atomic E-state index is 13.0. The molecule has 0 radical (unpaired) electrons. The van der Waals surface area contributed by atoms with E-state index < -0.39 is 0 Å². The van der Waals surface area contributed by atoms with Crippen molar-refractivity contribution >= 4 is 34.7 Å². The SMILES string of the molecule is Cc1cc(C(=O)N2CCN(C(=O)c3cccc(NC(=O)CCCc4cccs4)c3)CC2)on1. The summed E-state index contributed by atoms with van der Waals surface area (Å²) in [5.41, 5.74) is 1.77. The highest BCUT2D eigenvalue weighted by Gasteiger charge is 2.27. The number of anilines is 1. The fraction of sp³-hybridized carbons (Fsp3) is 0.333. The largest absolute Gasteiger partial charge is 0.351 e. The number of aryl methyl sites for hydroxylation is 2. The molecule has 3 aromatic rings. The molecular weight excluding hydrogens is 440 g/mol. The summed E-state index contributed by atoms with van der Waals surface area (Å²) in [5, 5.41) is 8.68. The third-order valence-electron chi connectivity index (χ3n) is 5.49. The molecule has 0 atom stereocenters. The molecule has 0 unspecified atom stereocenters. The van der Waals surface area contributed by atoms with Crippen molar-refractivity contribution in [2.45, 2.75) is 26.2 Å². The van der Waals surface area contributed by atoms with Crippen LogP contribution >= 0.6 is 11.3 Å². The number of aromatic nitrogens is 1. The van der Waals surface area contributed by atoms with Crippen LogP contribution in [0.25, 0.3) is 0 Å². The molecule has 0 bridgehead atoms. The highest BCUT2D eigenvalue weighted by molar-refractivity contribution is 7.09. The smallest absolute Gasteiger partial charge is 0.292 e. The van der Waals surface area contributed by atoms with Gasteiger partial charge in [0.2, 0.25) is 11.7 Å². The second-order valence-electron chi connectivity index (χ2n) is 7.98. The second-order valence-corrected chi connectivity index (χ2v) is 9.01. The number of thiophene rings is 1. The van der Waals surface area contributed by atoms with Crippen molar-refractivity contribution in [3.05, 3.63) is 69.7 Å². The average Bonchev–Trinajstić information content (AvgIpc) is 3.50. The molecule has 4 rings (SSSR count). The van der Waals surface area contributed by atoms with Crippen LogP contribution in [0.1, 0.15) is 44.3 Å². The summed E-state index contributed by atoms with van der Waals surface area (Å²) >= 11 is 1.70. The molecule has 1 fully saturated rings. The van der Waals surface area contributed by atoms with Crippen molar-refractivity contribution in [2.24, 2.45) is 0 Å². The highest BCUT2D eigenvalue weighted by Crippen LogP contribution is 2.17. The van der Waals surface area contributed by atoms with Gasteiger partial charge in [-0.15, -0.1) is 11.3 Å². The molecule has 1 aliphatic heterocycles. The predicted molar refractivity (Wildman–Crippen MR) is 125 cm³/mol. The van der Waals surface area contributed by atoms with Gasteiger partial charge in [0.1, 0.15) is 0 Å². The molecule has 3 amide bonds. The Hall–Kier alpha value is -3.46. The van der Waals surface area contributed by atoms with E-state index in [-0.39, 0.29) is 23.5 Å². The lowest BCUT2D eigenvalue weighted by atomic mass is 10.1. The molecule has 1 aromatic carbocycles. The quantitative estimate of drug-likeness (QED) is 0.574. The van der Waals surface area contributed by atoms with E-state index in [0.717, 1.165) is 12.8 Å². The topological polar surface area (TPSA) is 95.8 Å². The molecular formula is C24H26N4O4S. The lowest BCUT2D eigenvalue weighted by Gasteiger charge is -2.34. The van der Waals surface area contributed by atoms with E-state index in [0.29, 0.717) is 49.5 Å². The van der Waals surface area contributed by atoms with Crippen molar-refractivity contribution in [3.63, 3.8) is 0 Å². The Bertz CT molecular complexity index is 1120. The van der Waals surface area contributed by atoms with Gasteiger partial charge in [-0.2, -0.15) is 0 Å². The van der Waals surface area contributed by atoms with E-state index in [2.05, 4.69) is 16.5 Å². The van der Waals surface area contributed by atoms with Gasteiger partial charge in [-0.3, -0.25) is 14.4 Å². The lowest BCUT2D eigenvalue weighted by Crippen LogP contribution is -2.50. The maximum atomic E-state index is 13.0. The van der Waals surface area contributed by atoms with Crippen molar-refractivity contribution in [1.82, 2.24) is 15.0 Å². The van der Waals surface area contributed by atoms with E-state index in [4.69, 9.17) is 4.52 Å². The number of amides is 3. The van der Waals surface area contributed by atoms with E-state index in [1.54, 1.807) is 58.4 Å². The molecule has 1 aliphatic rings. The number of rotatable bonds is 7. The summed E-state index contributed by atoms with van der Waals surface area (Å²) < 4.78 is 5.06. The Morgan fingerprint density at radius 3 is 2.45 bits per heavy atom. The molecule has 0 saturated carbocycles. The van der Waals surface area contributed by atoms with Crippen LogP contribution in [0, 0.1) is 6.92 Å². The zero-order valence-electron chi connectivity index (χ0n) is 18.5. The van der Waals surface area contributed by atoms with Gasteiger partial charge in [-0.25, -0.2) is 0 Å². The number of hydrogen-bond acceptors (Lipinski definition) is 6. The number of nitrogens with zero attached hydrogens (tertiary/aromatic N) is 3. The fourth-order valence-corrected chi connectivity index (χ4v) is 4.50. The third kappa shape index (κ3) is 5.87. The van der Waals surface area contributed by atoms with Crippen molar-refractivity contribution < 1.29 is 18.9 Å². The van der Waals surface area contributed by atoms with Crippen LogP contribution in [0.5, 0.6) is 0 Å². The Labute approximate surface area is 196 Å². The van der Waals surface area contributed by atoms with E-state index in [9.17, 15) is 14.4 Å². The van der Waals surface area contributed by atoms with E-state index in [1.807, 2.05) is 11.4 Å². The number of benzene rings is 1. The van der Waals surface area contributed by atoms with Gasteiger partial charge >= 0.3 is 0 Å². The van der Waals surface area contributed by atoms with Crippen LogP contribution in [-0.4, -0.2) is 58.9 Å². The van der Waals surface area contributed by atoms with Crippen molar-refractivity contribution in [2.75, 3.05) is 31.5 Å². The molecule has 2 aromatic heterocycles. The lowest BCUT2D eigenvalue weighted by molar-refractivity contribution is -0.116. The Kier molecular flexibility index (Phi) is 7.19. The summed E-state index contributed by atoms with van der Waals surface area (Å²) in [7, 11) is 0. The zero-order valence-corrected chi connectivity index (χ0v) is 19.3. The van der Waals surface area contributed by atoms with Crippen LogP contribution < -0.4 is 5.32 Å². The third-order valence-corrected chi connectivity index (χ3v) is 6.43. The van der Waals surface area contributed by atoms with Gasteiger partial charge in [0.25, 0.3) is 11.8 Å². The standard InChI is InChI=1S/C24H26N4O4S/c1-17-15-21(32-26-17)24(31)28-12-10-27(11-13-28)23(30)18-5-2-6-19(16-18)25-22(29)9-3-7-20-8-4-14-33-20/h2,4-6,8,14-16H,3,7,9-13H2,1H3,(H,25,29). The van der Waals surface area contributed by atoms with Crippen LogP contribution in [-0.2, 0) is 11.2 Å². The van der Waals surface area contributed by atoms with Crippen LogP contribution in [0.3, 0.4) is 0 Å². The van der Waals surface area contributed by atoms with Crippen molar-refractivity contribution in [3.8, 4) is 0 Å². The minimum atomic E-state index is -0.216. The molecule has 1 saturated heterocycles. The van der Waals surface area contributed by atoms with Crippen molar-refractivity contribution in [1.29, 1.82) is 0 Å². The maximum Gasteiger partial charge on any atom is 0.292 e. The number of hydrogen-bond donors (Lipinski definition) is 1. The summed E-state index contributed by atoms with van der Waals surface area (Å²) in [6.07, 6.45) is 2.09. The minimum absolute atomic E-state index is 0.0639. The highest BCUT2D eigenvalue weighted by atomic mass is 32.1. The zero-order chi connectivity index (χ0) is 23.2. The first-order valence-corrected chi connectivity index (χ1v) is 11.8. The van der Waals surface area contributed by atoms with Gasteiger partial charge in [0.15, 0.2) is 0 Å². The first kappa shape index (κ1) is 22.7. The number of piperazine rings is 1. The van der Waals surface area contributed by atoms with Crippen LogP contribution in [0.15, 0.2) is 52.4 Å². The molecule has 1 N–H and O–H groups in total. The monoisotopic (exact) mass is 466 g/mol. The number of carbonyl (C=O) groups excluding carboxylic acids is 3. The predicted octanol–water partition coefficient (Wildman–Crippen LogP) is 3.60. The first-order chi connectivity index (χ1) is 16.0. The van der Waals surface area contributed by atoms with Crippen LogP contribution in [0.4, 0.5) is 5.69 Å². The average molecular weight is 467 g/mol. The van der Waals surface area contributed by atoms with E-state index in [1.165, 1.54) is 4.88 Å². The molecule has 0 spiro atoms. The Morgan fingerprint density at radius 2 is 1.79 bits per heavy atom. The van der Waals surface area contributed by atoms with Gasteiger partial charge < -0.3 is 19.6 Å². The first-order valence-electron chi connectivity index (χ1n) is 10.9. The van der Waals surface area contributed by atoms with E-state index >= 15 is 0 Å². The molecule has 33 heavy (non-hydrogen) atoms.